The molecule has 1 amide bonds. The van der Waals surface area contributed by atoms with Gasteiger partial charge in [0.1, 0.15) is 5.56 Å². The van der Waals surface area contributed by atoms with Gasteiger partial charge in [-0.3, -0.25) is 14.9 Å². The normalized spacial score (nSPS) is 25.9. The molecule has 1 aromatic rings. The van der Waals surface area contributed by atoms with Gasteiger partial charge in [0.05, 0.1) is 4.92 Å². The minimum absolute atomic E-state index is 0.0844. The van der Waals surface area contributed by atoms with E-state index in [0.717, 1.165) is 25.3 Å². The molecule has 2 atom stereocenters. The van der Waals surface area contributed by atoms with Crippen molar-refractivity contribution in [2.75, 3.05) is 13.2 Å². The molecule has 1 saturated heterocycles. The van der Waals surface area contributed by atoms with Crippen LogP contribution in [0.25, 0.3) is 0 Å². The van der Waals surface area contributed by atoms with Crippen LogP contribution in [-0.4, -0.2) is 40.9 Å². The molecule has 1 aliphatic heterocycles. The number of likely N-dealkylation sites (tertiary alicyclic amines) is 1. The Balaban J connectivity index is 1.67. The van der Waals surface area contributed by atoms with Gasteiger partial charge in [-0.05, 0) is 42.2 Å². The van der Waals surface area contributed by atoms with Crippen molar-refractivity contribution in [3.05, 3.63) is 38.9 Å². The standard InChI is InChI=1S/C19H23ClN2O5/c1-18(2)7-13-8-19(3,10-18)11-21(13)16(23)9-27-17(24)14-5-4-12(20)6-15(14)22(25)26/h4-6,13H,7-11H2,1-3H3/t13-,19+/m1/s1. The lowest BCUT2D eigenvalue weighted by Crippen LogP contribution is -2.39. The Kier molecular flexibility index (Phi) is 4.93. The highest BCUT2D eigenvalue weighted by atomic mass is 35.5. The maximum absolute atomic E-state index is 12.6. The molecule has 0 radical (unpaired) electrons. The maximum atomic E-state index is 12.6. The molecule has 0 N–H and O–H groups in total. The number of carbonyl (C=O) groups excluding carboxylic acids is 2. The molecule has 3 rings (SSSR count). The number of hydrogen-bond acceptors (Lipinski definition) is 5. The smallest absolute Gasteiger partial charge is 0.345 e. The van der Waals surface area contributed by atoms with E-state index in [2.05, 4.69) is 20.8 Å². The van der Waals surface area contributed by atoms with Crippen LogP contribution in [0, 0.1) is 20.9 Å². The molecule has 0 unspecified atom stereocenters. The molecule has 2 fully saturated rings. The van der Waals surface area contributed by atoms with Gasteiger partial charge in [0.2, 0.25) is 0 Å². The molecule has 0 spiro atoms. The summed E-state index contributed by atoms with van der Waals surface area (Å²) in [7, 11) is 0. The summed E-state index contributed by atoms with van der Waals surface area (Å²) < 4.78 is 5.09. The second kappa shape index (κ2) is 6.78. The summed E-state index contributed by atoms with van der Waals surface area (Å²) in [6.45, 7) is 6.84. The Morgan fingerprint density at radius 3 is 2.70 bits per heavy atom. The van der Waals surface area contributed by atoms with Gasteiger partial charge in [0.25, 0.3) is 11.6 Å². The maximum Gasteiger partial charge on any atom is 0.345 e. The fourth-order valence-corrected chi connectivity index (χ4v) is 5.03. The van der Waals surface area contributed by atoms with E-state index in [1.165, 1.54) is 12.1 Å². The third-order valence-corrected chi connectivity index (χ3v) is 5.67. The highest BCUT2D eigenvalue weighted by Crippen LogP contribution is 2.52. The number of fused-ring (bicyclic) bond motifs is 2. The summed E-state index contributed by atoms with van der Waals surface area (Å²) in [6.07, 6.45) is 2.93. The number of nitrogens with zero attached hydrogens (tertiary/aromatic N) is 2. The van der Waals surface area contributed by atoms with Crippen LogP contribution in [0.3, 0.4) is 0 Å². The van der Waals surface area contributed by atoms with Gasteiger partial charge < -0.3 is 9.64 Å². The van der Waals surface area contributed by atoms with Crippen LogP contribution < -0.4 is 0 Å². The minimum Gasteiger partial charge on any atom is -0.452 e. The molecule has 2 aliphatic rings. The Hall–Kier alpha value is -2.15. The van der Waals surface area contributed by atoms with E-state index in [1.54, 1.807) is 4.90 Å². The number of ether oxygens (including phenoxy) is 1. The lowest BCUT2D eigenvalue weighted by molar-refractivity contribution is -0.385. The first-order chi connectivity index (χ1) is 12.5. The highest BCUT2D eigenvalue weighted by Gasteiger charge is 2.50. The zero-order valence-corrected chi connectivity index (χ0v) is 16.4. The average Bonchev–Trinajstić information content (AvgIpc) is 2.81. The Morgan fingerprint density at radius 1 is 1.33 bits per heavy atom. The SMILES string of the molecule is CC1(C)C[C@@H]2C[C@](C)(CN2C(=O)COC(=O)c2ccc(Cl)cc2[N+](=O)[O-])C1. The van der Waals surface area contributed by atoms with E-state index in [-0.39, 0.29) is 33.4 Å². The molecule has 7 nitrogen and oxygen atoms in total. The first kappa shape index (κ1) is 19.6. The largest absolute Gasteiger partial charge is 0.452 e. The van der Waals surface area contributed by atoms with E-state index in [0.29, 0.717) is 6.54 Å². The molecule has 27 heavy (non-hydrogen) atoms. The molecule has 146 valence electrons. The molecule has 1 aromatic carbocycles. The van der Waals surface area contributed by atoms with Crippen LogP contribution in [0.5, 0.6) is 0 Å². The van der Waals surface area contributed by atoms with Crippen LogP contribution in [0.4, 0.5) is 5.69 Å². The van der Waals surface area contributed by atoms with Gasteiger partial charge in [0, 0.05) is 23.7 Å². The molecule has 1 aliphatic carbocycles. The zero-order chi connectivity index (χ0) is 20.0. The van der Waals surface area contributed by atoms with Gasteiger partial charge in [-0.25, -0.2) is 4.79 Å². The molecule has 0 aromatic heterocycles. The van der Waals surface area contributed by atoms with Gasteiger partial charge >= 0.3 is 5.97 Å². The quantitative estimate of drug-likeness (QED) is 0.439. The molecular formula is C19H23ClN2O5. The summed E-state index contributed by atoms with van der Waals surface area (Å²) in [5, 5.41) is 11.3. The summed E-state index contributed by atoms with van der Waals surface area (Å²) in [4.78, 5) is 37.1. The topological polar surface area (TPSA) is 89.8 Å². The third-order valence-electron chi connectivity index (χ3n) is 5.44. The van der Waals surface area contributed by atoms with Gasteiger partial charge in [0.15, 0.2) is 6.61 Å². The number of carbonyl (C=O) groups is 2. The number of halogens is 1. The number of rotatable bonds is 4. The molecule has 1 saturated carbocycles. The summed E-state index contributed by atoms with van der Waals surface area (Å²) in [5.74, 6) is -1.16. The second-order valence-corrected chi connectivity index (χ2v) is 9.17. The van der Waals surface area contributed by atoms with Crippen molar-refractivity contribution in [3.63, 3.8) is 0 Å². The van der Waals surface area contributed by atoms with Gasteiger partial charge in [-0.1, -0.05) is 32.4 Å². The van der Waals surface area contributed by atoms with Crippen LogP contribution >= 0.6 is 11.6 Å². The predicted octanol–water partition coefficient (Wildman–Crippen LogP) is 3.83. The summed E-state index contributed by atoms with van der Waals surface area (Å²) in [6, 6.07) is 3.85. The van der Waals surface area contributed by atoms with Crippen molar-refractivity contribution in [1.82, 2.24) is 4.90 Å². The molecular weight excluding hydrogens is 372 g/mol. The van der Waals surface area contributed by atoms with Gasteiger partial charge in [-0.15, -0.1) is 0 Å². The van der Waals surface area contributed by atoms with Crippen molar-refractivity contribution in [2.24, 2.45) is 10.8 Å². The number of esters is 1. The van der Waals surface area contributed by atoms with E-state index in [9.17, 15) is 19.7 Å². The third kappa shape index (κ3) is 4.08. The summed E-state index contributed by atoms with van der Waals surface area (Å²) >= 11 is 5.75. The fourth-order valence-electron chi connectivity index (χ4n) is 4.87. The lowest BCUT2D eigenvalue weighted by atomic mass is 9.65. The number of benzene rings is 1. The number of nitro benzene ring substituents is 1. The predicted molar refractivity (Wildman–Crippen MR) is 99.6 cm³/mol. The van der Waals surface area contributed by atoms with Gasteiger partial charge in [-0.2, -0.15) is 0 Å². The molecule has 1 heterocycles. The highest BCUT2D eigenvalue weighted by molar-refractivity contribution is 6.31. The first-order valence-electron chi connectivity index (χ1n) is 8.90. The number of amides is 1. The molecule has 2 bridgehead atoms. The first-order valence-corrected chi connectivity index (χ1v) is 9.28. The van der Waals surface area contributed by atoms with E-state index in [4.69, 9.17) is 16.3 Å². The zero-order valence-electron chi connectivity index (χ0n) is 15.7. The van der Waals surface area contributed by atoms with Crippen LogP contribution in [0.2, 0.25) is 5.02 Å². The monoisotopic (exact) mass is 394 g/mol. The Labute approximate surface area is 162 Å². The minimum atomic E-state index is -0.902. The van der Waals surface area contributed by atoms with Crippen molar-refractivity contribution in [1.29, 1.82) is 0 Å². The lowest BCUT2D eigenvalue weighted by Gasteiger charge is -2.39. The van der Waals surface area contributed by atoms with Crippen molar-refractivity contribution in [3.8, 4) is 0 Å². The van der Waals surface area contributed by atoms with Crippen molar-refractivity contribution in [2.45, 2.75) is 46.1 Å². The average molecular weight is 395 g/mol. The van der Waals surface area contributed by atoms with Crippen LogP contribution in [0.1, 0.15) is 50.4 Å². The Bertz CT molecular complexity index is 809. The van der Waals surface area contributed by atoms with Crippen LogP contribution in [0.15, 0.2) is 18.2 Å². The van der Waals surface area contributed by atoms with Crippen molar-refractivity contribution < 1.29 is 19.2 Å². The second-order valence-electron chi connectivity index (χ2n) is 8.73. The van der Waals surface area contributed by atoms with Crippen LogP contribution in [-0.2, 0) is 9.53 Å². The van der Waals surface area contributed by atoms with E-state index >= 15 is 0 Å². The van der Waals surface area contributed by atoms with E-state index in [1.807, 2.05) is 0 Å². The van der Waals surface area contributed by atoms with Crippen molar-refractivity contribution >= 4 is 29.2 Å². The Morgan fingerprint density at radius 2 is 2.04 bits per heavy atom. The van der Waals surface area contributed by atoms with E-state index < -0.39 is 23.2 Å². The fraction of sp³-hybridized carbons (Fsp3) is 0.579. The summed E-state index contributed by atoms with van der Waals surface area (Å²) in [5.41, 5.74) is -0.398. The number of nitro groups is 1. The molecule has 8 heteroatoms. The number of hydrogen-bond donors (Lipinski definition) is 0.